The lowest BCUT2D eigenvalue weighted by Gasteiger charge is -2.13. The average molecular weight is 313 g/mol. The van der Waals surface area contributed by atoms with Crippen LogP contribution < -0.4 is 5.32 Å². The number of hydrogen-bond acceptors (Lipinski definition) is 2. The molecule has 0 aromatic heterocycles. The first kappa shape index (κ1) is 16.4. The van der Waals surface area contributed by atoms with Crippen molar-refractivity contribution in [3.8, 4) is 0 Å². The van der Waals surface area contributed by atoms with Crippen LogP contribution in [0.5, 0.6) is 0 Å². The van der Waals surface area contributed by atoms with Gasteiger partial charge in [-0.25, -0.2) is 9.18 Å². The zero-order valence-corrected chi connectivity index (χ0v) is 12.3. The molecule has 2 aromatic rings. The Morgan fingerprint density at radius 2 is 1.74 bits per heavy atom. The second kappa shape index (κ2) is 7.89. The molecule has 0 aliphatic heterocycles. The number of carboxylic acid groups (broad SMARTS) is 1. The average Bonchev–Trinajstić information content (AvgIpc) is 2.54. The molecule has 0 fully saturated rings. The van der Waals surface area contributed by atoms with Crippen LogP contribution in [0.4, 0.5) is 4.39 Å². The van der Waals surface area contributed by atoms with E-state index in [1.165, 1.54) is 36.4 Å². The summed E-state index contributed by atoms with van der Waals surface area (Å²) in [4.78, 5) is 23.1. The third-order valence-electron chi connectivity index (χ3n) is 3.19. The number of carboxylic acids is 1. The van der Waals surface area contributed by atoms with Crippen molar-refractivity contribution in [3.63, 3.8) is 0 Å². The molecule has 1 amide bonds. The largest absolute Gasteiger partial charge is 0.480 e. The van der Waals surface area contributed by atoms with Crippen molar-refractivity contribution in [2.75, 3.05) is 0 Å². The quantitative estimate of drug-likeness (QED) is 0.806. The number of halogens is 1. The Morgan fingerprint density at radius 3 is 2.35 bits per heavy atom. The summed E-state index contributed by atoms with van der Waals surface area (Å²) in [7, 11) is 0. The summed E-state index contributed by atoms with van der Waals surface area (Å²) in [6.07, 6.45) is 2.93. The lowest BCUT2D eigenvalue weighted by atomic mass is 10.1. The van der Waals surface area contributed by atoms with Gasteiger partial charge in [-0.05, 0) is 29.3 Å². The van der Waals surface area contributed by atoms with Crippen LogP contribution in [-0.2, 0) is 16.0 Å². The first-order valence-electron chi connectivity index (χ1n) is 7.05. The Kier molecular flexibility index (Phi) is 5.63. The topological polar surface area (TPSA) is 66.4 Å². The number of hydrogen-bond donors (Lipinski definition) is 2. The molecule has 1 atom stereocenters. The van der Waals surface area contributed by atoms with Gasteiger partial charge >= 0.3 is 5.97 Å². The van der Waals surface area contributed by atoms with Crippen LogP contribution in [0.1, 0.15) is 11.1 Å². The molecule has 0 saturated carbocycles. The first-order chi connectivity index (χ1) is 11.0. The fourth-order valence-corrected chi connectivity index (χ4v) is 2.02. The number of carbonyl (C=O) groups excluding carboxylic acids is 1. The Labute approximate surface area is 133 Å². The standard InChI is InChI=1S/C18H16FNO3/c19-15-9-6-13(7-10-15)8-11-17(21)20-16(18(22)23)12-14-4-2-1-3-5-14/h1-11,16H,12H2,(H,20,21)(H,22,23). The van der Waals surface area contributed by atoms with Gasteiger partial charge in [0.05, 0.1) is 0 Å². The summed E-state index contributed by atoms with van der Waals surface area (Å²) in [6, 6.07) is 13.7. The van der Waals surface area contributed by atoms with E-state index in [1.54, 1.807) is 12.1 Å². The van der Waals surface area contributed by atoms with Crippen molar-refractivity contribution in [3.05, 3.63) is 77.6 Å². The summed E-state index contributed by atoms with van der Waals surface area (Å²) in [5, 5.41) is 11.7. The van der Waals surface area contributed by atoms with Gasteiger partial charge in [-0.15, -0.1) is 0 Å². The molecule has 0 aliphatic rings. The van der Waals surface area contributed by atoms with Gasteiger partial charge < -0.3 is 10.4 Å². The first-order valence-corrected chi connectivity index (χ1v) is 7.05. The molecule has 118 valence electrons. The third kappa shape index (κ3) is 5.39. The number of amides is 1. The van der Waals surface area contributed by atoms with Crippen molar-refractivity contribution < 1.29 is 19.1 Å². The molecule has 0 radical (unpaired) electrons. The van der Waals surface area contributed by atoms with Crippen LogP contribution in [0.3, 0.4) is 0 Å². The van der Waals surface area contributed by atoms with Gasteiger partial charge in [0.25, 0.3) is 0 Å². The highest BCUT2D eigenvalue weighted by atomic mass is 19.1. The Bertz CT molecular complexity index is 696. The molecule has 23 heavy (non-hydrogen) atoms. The van der Waals surface area contributed by atoms with E-state index in [2.05, 4.69) is 5.32 Å². The van der Waals surface area contributed by atoms with Crippen molar-refractivity contribution in [2.45, 2.75) is 12.5 Å². The highest BCUT2D eigenvalue weighted by Crippen LogP contribution is 2.06. The minimum absolute atomic E-state index is 0.201. The van der Waals surface area contributed by atoms with E-state index < -0.39 is 17.9 Å². The maximum Gasteiger partial charge on any atom is 0.326 e. The van der Waals surface area contributed by atoms with Crippen molar-refractivity contribution in [1.29, 1.82) is 0 Å². The van der Waals surface area contributed by atoms with E-state index >= 15 is 0 Å². The lowest BCUT2D eigenvalue weighted by Crippen LogP contribution is -2.41. The van der Waals surface area contributed by atoms with Crippen LogP contribution in [0.25, 0.3) is 6.08 Å². The fourth-order valence-electron chi connectivity index (χ4n) is 2.02. The third-order valence-corrected chi connectivity index (χ3v) is 3.19. The predicted molar refractivity (Wildman–Crippen MR) is 85.1 cm³/mol. The Hall–Kier alpha value is -2.95. The van der Waals surface area contributed by atoms with Gasteiger partial charge in [0, 0.05) is 12.5 Å². The van der Waals surface area contributed by atoms with E-state index in [-0.39, 0.29) is 12.2 Å². The van der Waals surface area contributed by atoms with Gasteiger partial charge in [-0.2, -0.15) is 0 Å². The van der Waals surface area contributed by atoms with Crippen molar-refractivity contribution >= 4 is 18.0 Å². The molecule has 2 rings (SSSR count). The summed E-state index contributed by atoms with van der Waals surface area (Å²) in [6.45, 7) is 0. The normalized spacial score (nSPS) is 12.0. The van der Waals surface area contributed by atoms with E-state index in [4.69, 9.17) is 0 Å². The summed E-state index contributed by atoms with van der Waals surface area (Å²) >= 11 is 0. The number of benzene rings is 2. The van der Waals surface area contributed by atoms with Crippen LogP contribution in [-0.4, -0.2) is 23.0 Å². The second-order valence-corrected chi connectivity index (χ2v) is 4.97. The molecular weight excluding hydrogens is 297 g/mol. The molecule has 1 unspecified atom stereocenters. The molecule has 0 spiro atoms. The van der Waals surface area contributed by atoms with E-state index in [1.807, 2.05) is 18.2 Å². The molecule has 2 N–H and O–H groups in total. The number of nitrogens with one attached hydrogen (secondary N) is 1. The van der Waals surface area contributed by atoms with E-state index in [0.717, 1.165) is 5.56 Å². The minimum atomic E-state index is -1.10. The highest BCUT2D eigenvalue weighted by Gasteiger charge is 2.19. The van der Waals surface area contributed by atoms with Crippen LogP contribution in [0.2, 0.25) is 0 Å². The Balaban J connectivity index is 1.98. The summed E-state index contributed by atoms with van der Waals surface area (Å²) < 4.78 is 12.8. The van der Waals surface area contributed by atoms with E-state index in [9.17, 15) is 19.1 Å². The van der Waals surface area contributed by atoms with Crippen molar-refractivity contribution in [2.24, 2.45) is 0 Å². The molecule has 0 saturated heterocycles. The van der Waals surface area contributed by atoms with Crippen LogP contribution in [0, 0.1) is 5.82 Å². The smallest absolute Gasteiger partial charge is 0.326 e. The maximum atomic E-state index is 12.8. The van der Waals surface area contributed by atoms with Gasteiger partial charge in [-0.3, -0.25) is 4.79 Å². The van der Waals surface area contributed by atoms with Gasteiger partial charge in [-0.1, -0.05) is 42.5 Å². The van der Waals surface area contributed by atoms with Gasteiger partial charge in [0.1, 0.15) is 11.9 Å². The molecule has 0 bridgehead atoms. The molecule has 2 aromatic carbocycles. The van der Waals surface area contributed by atoms with Gasteiger partial charge in [0.15, 0.2) is 0 Å². The second-order valence-electron chi connectivity index (χ2n) is 4.97. The zero-order chi connectivity index (χ0) is 16.7. The van der Waals surface area contributed by atoms with Crippen LogP contribution in [0.15, 0.2) is 60.7 Å². The summed E-state index contributed by atoms with van der Waals surface area (Å²) in [5.74, 6) is -1.98. The molecule has 5 heteroatoms. The van der Waals surface area contributed by atoms with Crippen molar-refractivity contribution in [1.82, 2.24) is 5.32 Å². The van der Waals surface area contributed by atoms with Gasteiger partial charge in [0.2, 0.25) is 5.91 Å². The predicted octanol–water partition coefficient (Wildman–Crippen LogP) is 2.65. The molecular formula is C18H16FNO3. The highest BCUT2D eigenvalue weighted by molar-refractivity contribution is 5.94. The maximum absolute atomic E-state index is 12.8. The van der Waals surface area contributed by atoms with Crippen LogP contribution >= 0.6 is 0 Å². The minimum Gasteiger partial charge on any atom is -0.480 e. The molecule has 0 heterocycles. The number of aliphatic carboxylic acids is 1. The zero-order valence-electron chi connectivity index (χ0n) is 12.3. The Morgan fingerprint density at radius 1 is 1.09 bits per heavy atom. The summed E-state index contributed by atoms with van der Waals surface area (Å²) in [5.41, 5.74) is 1.47. The number of rotatable bonds is 6. The monoisotopic (exact) mass is 313 g/mol. The molecule has 4 nitrogen and oxygen atoms in total. The lowest BCUT2D eigenvalue weighted by molar-refractivity contribution is -0.141. The fraction of sp³-hybridized carbons (Fsp3) is 0.111. The SMILES string of the molecule is O=C(C=Cc1ccc(F)cc1)NC(Cc1ccccc1)C(=O)O. The van der Waals surface area contributed by atoms with E-state index in [0.29, 0.717) is 5.56 Å². The number of carbonyl (C=O) groups is 2. The molecule has 0 aliphatic carbocycles.